The Labute approximate surface area is 238 Å². The minimum absolute atomic E-state index is 0.278. The van der Waals surface area contributed by atoms with Crippen molar-refractivity contribution < 1.29 is 84.2 Å². The average Bonchev–Trinajstić information content (AvgIpc) is 2.94. The summed E-state index contributed by atoms with van der Waals surface area (Å²) in [6.07, 6.45) is -6.11. The van der Waals surface area contributed by atoms with Gasteiger partial charge in [-0.15, -0.1) is 0 Å². The topological polar surface area (TPSA) is 459 Å². The SMILES string of the molecule is C[C@@H](O[C@@H]1[C@@H](N)[C@@H](O)O[C@H](CO)[C@H]1O)C(=O)O.NCC(=O)O.NCC(=O)O.NCC(=O)O.NCC(=O)O.NCC(=O)O. The summed E-state index contributed by atoms with van der Waals surface area (Å²) in [4.78, 5) is 56.8. The van der Waals surface area contributed by atoms with Gasteiger partial charge in [0.05, 0.1) is 45.4 Å². The average molecular weight is 627 g/mol. The molecule has 1 aliphatic heterocycles. The molecule has 0 unspecified atom stereocenters. The molecule has 1 rings (SSSR count). The van der Waals surface area contributed by atoms with Crippen molar-refractivity contribution in [1.82, 2.24) is 0 Å². The van der Waals surface area contributed by atoms with Crippen molar-refractivity contribution in [2.75, 3.05) is 39.3 Å². The Morgan fingerprint density at radius 2 is 0.952 bits per heavy atom. The molecule has 1 aliphatic rings. The summed E-state index contributed by atoms with van der Waals surface area (Å²) < 4.78 is 9.89. The van der Waals surface area contributed by atoms with Crippen LogP contribution in [0.25, 0.3) is 0 Å². The zero-order chi connectivity index (χ0) is 34.6. The Morgan fingerprint density at radius 3 is 1.14 bits per heavy atom. The molecule has 23 heteroatoms. The molecule has 1 heterocycles. The number of aliphatic hydroxyl groups is 3. The number of rotatable bonds is 9. The molecule has 0 radical (unpaired) electrons. The lowest BCUT2D eigenvalue weighted by Crippen LogP contribution is -2.63. The summed E-state index contributed by atoms with van der Waals surface area (Å²) in [5, 5.41) is 74.8. The second-order valence-electron chi connectivity index (χ2n) is 6.89. The zero-order valence-corrected chi connectivity index (χ0v) is 22.5. The predicted octanol–water partition coefficient (Wildman–Crippen LogP) is -7.61. The third kappa shape index (κ3) is 34.4. The molecule has 0 saturated carbocycles. The second kappa shape index (κ2) is 30.3. The number of carboxylic acid groups (broad SMARTS) is 6. The molecule has 0 aromatic carbocycles. The lowest BCUT2D eigenvalue weighted by atomic mass is 9.97. The van der Waals surface area contributed by atoms with Crippen LogP contribution in [0.3, 0.4) is 0 Å². The summed E-state index contributed by atoms with van der Waals surface area (Å²) >= 11 is 0. The van der Waals surface area contributed by atoms with Crippen LogP contribution < -0.4 is 34.4 Å². The van der Waals surface area contributed by atoms with E-state index in [2.05, 4.69) is 28.7 Å². The standard InChI is InChI=1S/C9H17NO7.5C2H5NO2/c1-3(8(13)14)16-7-5(10)9(15)17-4(2-11)6(7)12;5*3-1-2(4)5/h3-7,9,11-12,15H,2,10H2,1H3,(H,13,14);5*1,3H2,(H,4,5)/t3-,4-,5-,6-,7-,9+;;;;;/m1...../s1. The van der Waals surface area contributed by atoms with Gasteiger partial charge in [-0.05, 0) is 6.92 Å². The van der Waals surface area contributed by atoms with Crippen LogP contribution in [-0.2, 0) is 38.2 Å². The van der Waals surface area contributed by atoms with E-state index in [0.717, 1.165) is 0 Å². The van der Waals surface area contributed by atoms with Gasteiger partial charge in [-0.3, -0.25) is 24.0 Å². The van der Waals surface area contributed by atoms with Crippen LogP contribution in [0.1, 0.15) is 6.92 Å². The number of aliphatic carboxylic acids is 6. The molecule has 21 N–H and O–H groups in total. The number of hydrogen-bond acceptors (Lipinski definition) is 17. The lowest BCUT2D eigenvalue weighted by molar-refractivity contribution is -0.262. The third-order valence-corrected chi connectivity index (χ3v) is 3.50. The highest BCUT2D eigenvalue weighted by atomic mass is 16.6. The van der Waals surface area contributed by atoms with Gasteiger partial charge in [0.25, 0.3) is 0 Å². The molecule has 0 aliphatic carbocycles. The van der Waals surface area contributed by atoms with Gasteiger partial charge in [-0.2, -0.15) is 0 Å². The number of carboxylic acids is 6. The van der Waals surface area contributed by atoms with Gasteiger partial charge in [0.1, 0.15) is 18.3 Å². The van der Waals surface area contributed by atoms with Crippen molar-refractivity contribution in [3.05, 3.63) is 0 Å². The summed E-state index contributed by atoms with van der Waals surface area (Å²) in [5.41, 5.74) is 28.4. The van der Waals surface area contributed by atoms with Crippen molar-refractivity contribution in [1.29, 1.82) is 0 Å². The molecule has 42 heavy (non-hydrogen) atoms. The normalized spacial score (nSPS) is 20.6. The van der Waals surface area contributed by atoms with E-state index in [9.17, 15) is 39.0 Å². The first-order chi connectivity index (χ1) is 19.2. The molecule has 250 valence electrons. The largest absolute Gasteiger partial charge is 0.480 e. The van der Waals surface area contributed by atoms with Crippen LogP contribution in [-0.4, -0.2) is 158 Å². The molecule has 0 aromatic rings. The molecular weight excluding hydrogens is 584 g/mol. The van der Waals surface area contributed by atoms with Gasteiger partial charge in [-0.25, -0.2) is 4.79 Å². The van der Waals surface area contributed by atoms with Gasteiger partial charge in [-0.1, -0.05) is 0 Å². The molecule has 1 fully saturated rings. The zero-order valence-electron chi connectivity index (χ0n) is 22.5. The molecule has 0 spiro atoms. The Morgan fingerprint density at radius 1 is 0.690 bits per heavy atom. The smallest absolute Gasteiger partial charge is 0.332 e. The van der Waals surface area contributed by atoms with Crippen LogP contribution in [0.4, 0.5) is 0 Å². The molecule has 1 saturated heterocycles. The van der Waals surface area contributed by atoms with E-state index in [4.69, 9.17) is 51.0 Å². The van der Waals surface area contributed by atoms with Gasteiger partial charge < -0.3 is 89.8 Å². The predicted molar refractivity (Wildman–Crippen MR) is 137 cm³/mol. The summed E-state index contributed by atoms with van der Waals surface area (Å²) in [5.74, 6) is -6.05. The maximum Gasteiger partial charge on any atom is 0.332 e. The minimum Gasteiger partial charge on any atom is -0.480 e. The van der Waals surface area contributed by atoms with E-state index in [1.807, 2.05) is 0 Å². The van der Waals surface area contributed by atoms with Crippen molar-refractivity contribution in [3.63, 3.8) is 0 Å². The quantitative estimate of drug-likeness (QED) is 0.113. The highest BCUT2D eigenvalue weighted by Gasteiger charge is 2.44. The van der Waals surface area contributed by atoms with Gasteiger partial charge in [0.15, 0.2) is 12.4 Å². The Kier molecular flexibility index (Phi) is 34.8. The van der Waals surface area contributed by atoms with Crippen LogP contribution >= 0.6 is 0 Å². The first-order valence-electron chi connectivity index (χ1n) is 11.1. The molecule has 0 bridgehead atoms. The maximum absolute atomic E-state index is 10.6. The lowest BCUT2D eigenvalue weighted by Gasteiger charge is -2.41. The van der Waals surface area contributed by atoms with Gasteiger partial charge >= 0.3 is 35.8 Å². The fourth-order valence-corrected chi connectivity index (χ4v) is 1.57. The van der Waals surface area contributed by atoms with Crippen LogP contribution in [0.5, 0.6) is 0 Å². The van der Waals surface area contributed by atoms with Crippen molar-refractivity contribution >= 4 is 35.8 Å². The van der Waals surface area contributed by atoms with E-state index in [1.165, 1.54) is 6.92 Å². The van der Waals surface area contributed by atoms with E-state index in [0.29, 0.717) is 0 Å². The number of hydrogen-bond donors (Lipinski definition) is 15. The summed E-state index contributed by atoms with van der Waals surface area (Å²) in [6.45, 7) is -0.649. The Balaban J connectivity index is -0.000000151. The highest BCUT2D eigenvalue weighted by Crippen LogP contribution is 2.22. The van der Waals surface area contributed by atoms with Crippen LogP contribution in [0, 0.1) is 0 Å². The highest BCUT2D eigenvalue weighted by molar-refractivity contribution is 5.71. The summed E-state index contributed by atoms with van der Waals surface area (Å²) in [6, 6.07) is -1.09. The van der Waals surface area contributed by atoms with E-state index >= 15 is 0 Å². The van der Waals surface area contributed by atoms with Crippen molar-refractivity contribution in [2.24, 2.45) is 34.4 Å². The number of nitrogens with two attached hydrogens (primary N) is 6. The number of aliphatic hydroxyl groups excluding tert-OH is 3. The minimum atomic E-state index is -1.43. The molecule has 6 atom stereocenters. The van der Waals surface area contributed by atoms with Gasteiger partial charge in [0.2, 0.25) is 0 Å². The van der Waals surface area contributed by atoms with Crippen molar-refractivity contribution in [2.45, 2.75) is 43.7 Å². The summed E-state index contributed by atoms with van der Waals surface area (Å²) in [7, 11) is 0. The molecular formula is C19H42N6O17. The fourth-order valence-electron chi connectivity index (χ4n) is 1.57. The number of ether oxygens (including phenoxy) is 2. The second-order valence-corrected chi connectivity index (χ2v) is 6.89. The van der Waals surface area contributed by atoms with E-state index in [1.54, 1.807) is 0 Å². The molecule has 0 amide bonds. The maximum atomic E-state index is 10.6. The number of carbonyl (C=O) groups is 6. The molecule has 0 aromatic heterocycles. The van der Waals surface area contributed by atoms with E-state index < -0.39 is 79.2 Å². The van der Waals surface area contributed by atoms with Crippen molar-refractivity contribution in [3.8, 4) is 0 Å². The third-order valence-electron chi connectivity index (χ3n) is 3.50. The van der Waals surface area contributed by atoms with Gasteiger partial charge in [0, 0.05) is 0 Å². The monoisotopic (exact) mass is 626 g/mol. The molecule has 23 nitrogen and oxygen atoms in total. The van der Waals surface area contributed by atoms with E-state index in [-0.39, 0.29) is 32.7 Å². The van der Waals surface area contributed by atoms with Crippen LogP contribution in [0.15, 0.2) is 0 Å². The Hall–Kier alpha value is -3.62. The fraction of sp³-hybridized carbons (Fsp3) is 0.684. The van der Waals surface area contributed by atoms with Crippen LogP contribution in [0.2, 0.25) is 0 Å². The Bertz CT molecular complexity index is 694. The first-order valence-corrected chi connectivity index (χ1v) is 11.1. The first kappa shape index (κ1) is 48.1.